The maximum Gasteiger partial charge on any atom is 0.140 e. The molecule has 1 heterocycles. The molecule has 106 valence electrons. The van der Waals surface area contributed by atoms with Crippen molar-refractivity contribution in [1.29, 1.82) is 0 Å². The van der Waals surface area contributed by atoms with Gasteiger partial charge >= 0.3 is 0 Å². The molecule has 1 saturated carbocycles. The molecule has 1 aliphatic carbocycles. The monoisotopic (exact) mass is 262 g/mol. The third kappa shape index (κ3) is 4.12. The van der Waals surface area contributed by atoms with Crippen LogP contribution < -0.4 is 10.1 Å². The lowest BCUT2D eigenvalue weighted by atomic mass is 9.71. The number of aromatic nitrogens is 1. The molecule has 0 spiro atoms. The maximum absolute atomic E-state index is 6.15. The lowest BCUT2D eigenvalue weighted by molar-refractivity contribution is 0.0560. The summed E-state index contributed by atoms with van der Waals surface area (Å²) in [6.45, 7) is 9.99. The van der Waals surface area contributed by atoms with Crippen molar-refractivity contribution < 1.29 is 4.74 Å². The van der Waals surface area contributed by atoms with Gasteiger partial charge in [0.1, 0.15) is 5.75 Å². The minimum atomic E-state index is 0.317. The van der Waals surface area contributed by atoms with Crippen molar-refractivity contribution in [2.75, 3.05) is 11.9 Å². The highest BCUT2D eigenvalue weighted by Gasteiger charge is 2.33. The van der Waals surface area contributed by atoms with Crippen molar-refractivity contribution in [1.82, 2.24) is 4.98 Å². The molecule has 0 aromatic carbocycles. The molecular formula is C16H26N2O. The first-order valence-corrected chi connectivity index (χ1v) is 7.34. The number of pyridine rings is 1. The Labute approximate surface area is 116 Å². The number of rotatable bonds is 4. The van der Waals surface area contributed by atoms with Crippen molar-refractivity contribution >= 4 is 5.69 Å². The van der Waals surface area contributed by atoms with E-state index in [9.17, 15) is 0 Å². The van der Waals surface area contributed by atoms with E-state index in [1.165, 1.54) is 6.42 Å². The first-order chi connectivity index (χ1) is 8.98. The fraction of sp³-hybridized carbons (Fsp3) is 0.688. The van der Waals surface area contributed by atoms with Crippen LogP contribution in [0.2, 0.25) is 0 Å². The van der Waals surface area contributed by atoms with Crippen LogP contribution in [0.4, 0.5) is 5.69 Å². The van der Waals surface area contributed by atoms with Crippen molar-refractivity contribution in [2.45, 2.75) is 53.1 Å². The summed E-state index contributed by atoms with van der Waals surface area (Å²) in [6.07, 6.45) is 7.54. The fourth-order valence-corrected chi connectivity index (χ4v) is 3.32. The van der Waals surface area contributed by atoms with E-state index >= 15 is 0 Å². The summed E-state index contributed by atoms with van der Waals surface area (Å²) in [5.74, 6) is 1.62. The molecule has 2 atom stereocenters. The molecule has 0 radical (unpaired) electrons. The number of hydrogen-bond donors (Lipinski definition) is 1. The van der Waals surface area contributed by atoms with Gasteiger partial charge < -0.3 is 10.1 Å². The molecule has 19 heavy (non-hydrogen) atoms. The van der Waals surface area contributed by atoms with Crippen LogP contribution in [0, 0.1) is 11.3 Å². The van der Waals surface area contributed by atoms with Crippen LogP contribution in [0.25, 0.3) is 0 Å². The third-order valence-corrected chi connectivity index (χ3v) is 3.74. The molecule has 1 aromatic rings. The molecule has 1 fully saturated rings. The average molecular weight is 262 g/mol. The highest BCUT2D eigenvalue weighted by atomic mass is 16.5. The van der Waals surface area contributed by atoms with Crippen LogP contribution >= 0.6 is 0 Å². The second kappa shape index (κ2) is 5.81. The van der Waals surface area contributed by atoms with Crippen molar-refractivity contribution in [3.63, 3.8) is 0 Å². The average Bonchev–Trinajstić information content (AvgIpc) is 2.26. The number of nitrogens with one attached hydrogen (secondary N) is 1. The first kappa shape index (κ1) is 14.2. The molecule has 1 aliphatic rings. The zero-order valence-corrected chi connectivity index (χ0v) is 12.6. The normalized spacial score (nSPS) is 25.9. The van der Waals surface area contributed by atoms with Crippen molar-refractivity contribution in [3.8, 4) is 5.75 Å². The fourth-order valence-electron chi connectivity index (χ4n) is 3.32. The van der Waals surface area contributed by atoms with E-state index in [0.717, 1.165) is 36.7 Å². The van der Waals surface area contributed by atoms with Crippen molar-refractivity contribution in [2.24, 2.45) is 11.3 Å². The Kier molecular flexibility index (Phi) is 4.33. The molecule has 1 N–H and O–H groups in total. The number of ether oxygens (including phenoxy) is 1. The second-order valence-corrected chi connectivity index (χ2v) is 6.59. The Bertz CT molecular complexity index is 417. The zero-order valence-electron chi connectivity index (χ0n) is 12.6. The molecule has 2 rings (SSSR count). The van der Waals surface area contributed by atoms with E-state index in [1.54, 1.807) is 0 Å². The lowest BCUT2D eigenvalue weighted by Crippen LogP contribution is -2.34. The third-order valence-electron chi connectivity index (χ3n) is 3.74. The Morgan fingerprint density at radius 3 is 2.84 bits per heavy atom. The van der Waals surface area contributed by atoms with Gasteiger partial charge in [0.2, 0.25) is 0 Å². The Hall–Kier alpha value is -1.25. The van der Waals surface area contributed by atoms with Crippen LogP contribution in [0.15, 0.2) is 18.5 Å². The molecule has 0 amide bonds. The zero-order chi connectivity index (χ0) is 13.9. The van der Waals surface area contributed by atoms with Gasteiger partial charge in [0.25, 0.3) is 0 Å². The largest absolute Gasteiger partial charge is 0.489 e. The van der Waals surface area contributed by atoms with Gasteiger partial charge in [-0.1, -0.05) is 20.8 Å². The summed E-state index contributed by atoms with van der Waals surface area (Å²) in [6, 6.07) is 2.04. The van der Waals surface area contributed by atoms with Crippen LogP contribution in [0.5, 0.6) is 5.75 Å². The quantitative estimate of drug-likeness (QED) is 0.886. The van der Waals surface area contributed by atoms with Gasteiger partial charge in [-0.2, -0.15) is 0 Å². The van der Waals surface area contributed by atoms with Gasteiger partial charge in [0, 0.05) is 12.6 Å². The molecular weight excluding hydrogens is 236 g/mol. The standard InChI is InChI=1S/C16H26N2O/c1-5-18-13-7-15(11-17-10-13)19-14-6-12(2)8-16(3,4)9-14/h7,10-12,14,18H,5-6,8-9H2,1-4H3. The van der Waals surface area contributed by atoms with E-state index < -0.39 is 0 Å². The summed E-state index contributed by atoms with van der Waals surface area (Å²) in [5.41, 5.74) is 1.41. The van der Waals surface area contributed by atoms with Crippen LogP contribution in [0.1, 0.15) is 47.0 Å². The van der Waals surface area contributed by atoms with Gasteiger partial charge in [-0.25, -0.2) is 0 Å². The second-order valence-electron chi connectivity index (χ2n) is 6.59. The van der Waals surface area contributed by atoms with E-state index in [-0.39, 0.29) is 0 Å². The van der Waals surface area contributed by atoms with Crippen LogP contribution in [-0.2, 0) is 0 Å². The van der Waals surface area contributed by atoms with E-state index in [4.69, 9.17) is 4.74 Å². The predicted octanol–water partition coefficient (Wildman–Crippen LogP) is 4.11. The van der Waals surface area contributed by atoms with Gasteiger partial charge in [0.15, 0.2) is 0 Å². The molecule has 0 bridgehead atoms. The minimum absolute atomic E-state index is 0.317. The molecule has 3 nitrogen and oxygen atoms in total. The van der Waals surface area contributed by atoms with E-state index in [0.29, 0.717) is 11.5 Å². The van der Waals surface area contributed by atoms with Gasteiger partial charge in [-0.05, 0) is 37.5 Å². The number of hydrogen-bond acceptors (Lipinski definition) is 3. The Balaban J connectivity index is 2.02. The van der Waals surface area contributed by atoms with E-state index in [1.807, 2.05) is 18.5 Å². The number of anilines is 1. The smallest absolute Gasteiger partial charge is 0.140 e. The van der Waals surface area contributed by atoms with Gasteiger partial charge in [0.05, 0.1) is 24.2 Å². The van der Waals surface area contributed by atoms with Crippen molar-refractivity contribution in [3.05, 3.63) is 18.5 Å². The summed E-state index contributed by atoms with van der Waals surface area (Å²) in [4.78, 5) is 4.24. The SMILES string of the molecule is CCNc1cncc(OC2CC(C)CC(C)(C)C2)c1. The highest BCUT2D eigenvalue weighted by Crippen LogP contribution is 2.40. The predicted molar refractivity (Wildman–Crippen MR) is 79.6 cm³/mol. The summed E-state index contributed by atoms with van der Waals surface area (Å²) >= 11 is 0. The lowest BCUT2D eigenvalue weighted by Gasteiger charge is -2.38. The minimum Gasteiger partial charge on any atom is -0.489 e. The number of nitrogens with zero attached hydrogens (tertiary/aromatic N) is 1. The van der Waals surface area contributed by atoms with Crippen LogP contribution in [0.3, 0.4) is 0 Å². The molecule has 0 saturated heterocycles. The Morgan fingerprint density at radius 1 is 1.37 bits per heavy atom. The molecule has 2 unspecified atom stereocenters. The van der Waals surface area contributed by atoms with E-state index in [2.05, 4.69) is 38.0 Å². The maximum atomic E-state index is 6.15. The Morgan fingerprint density at radius 2 is 2.16 bits per heavy atom. The highest BCUT2D eigenvalue weighted by molar-refractivity contribution is 5.45. The summed E-state index contributed by atoms with van der Waals surface area (Å²) in [7, 11) is 0. The molecule has 1 aromatic heterocycles. The van der Waals surface area contributed by atoms with Gasteiger partial charge in [-0.15, -0.1) is 0 Å². The molecule has 0 aliphatic heterocycles. The molecule has 3 heteroatoms. The van der Waals surface area contributed by atoms with Gasteiger partial charge in [-0.3, -0.25) is 4.98 Å². The summed E-state index contributed by atoms with van der Waals surface area (Å²) < 4.78 is 6.15. The van der Waals surface area contributed by atoms with Crippen LogP contribution in [-0.4, -0.2) is 17.6 Å². The first-order valence-electron chi connectivity index (χ1n) is 7.34. The summed E-state index contributed by atoms with van der Waals surface area (Å²) in [5, 5.41) is 3.27. The topological polar surface area (TPSA) is 34.2 Å².